The van der Waals surface area contributed by atoms with Gasteiger partial charge in [0.1, 0.15) is 16.5 Å². The topological polar surface area (TPSA) is 49.8 Å². The summed E-state index contributed by atoms with van der Waals surface area (Å²) in [5, 5.41) is 7.81. The van der Waals surface area contributed by atoms with Gasteiger partial charge in [0, 0.05) is 17.5 Å². The van der Waals surface area contributed by atoms with E-state index in [-0.39, 0.29) is 0 Å². The molecule has 2 aromatic rings. The number of anilines is 1. The molecule has 0 aliphatic heterocycles. The summed E-state index contributed by atoms with van der Waals surface area (Å²) >= 11 is 1.74. The number of likely N-dealkylation sites (N-methyl/N-ethyl adjacent to an activating group) is 1. The molecule has 18 heavy (non-hydrogen) atoms. The molecule has 0 aromatic carbocycles. The van der Waals surface area contributed by atoms with Crippen molar-refractivity contribution in [1.29, 1.82) is 0 Å². The Bertz CT molecular complexity index is 562. The third-order valence-electron chi connectivity index (χ3n) is 3.21. The number of hydrogen-bond donors (Lipinski definition) is 2. The van der Waals surface area contributed by atoms with Gasteiger partial charge in [-0.3, -0.25) is 0 Å². The molecular weight excluding hydrogens is 244 g/mol. The van der Waals surface area contributed by atoms with Gasteiger partial charge < -0.3 is 10.6 Å². The van der Waals surface area contributed by atoms with E-state index in [1.807, 2.05) is 14.0 Å². The summed E-state index contributed by atoms with van der Waals surface area (Å²) in [5.74, 6) is 1.78. The third kappa shape index (κ3) is 2.47. The Morgan fingerprint density at radius 2 is 1.94 bits per heavy atom. The number of nitrogens with zero attached hydrogens (tertiary/aromatic N) is 2. The molecule has 5 heteroatoms. The standard InChI is InChI=1S/C13H20N4S/c1-7(14-5)6-15-12-11-8(2)9(3)18-13(11)17-10(4)16-12/h7,14H,6H2,1-5H3,(H,15,16,17). The summed E-state index contributed by atoms with van der Waals surface area (Å²) in [5.41, 5.74) is 1.29. The molecule has 2 heterocycles. The maximum Gasteiger partial charge on any atom is 0.138 e. The van der Waals surface area contributed by atoms with E-state index >= 15 is 0 Å². The van der Waals surface area contributed by atoms with Crippen LogP contribution in [-0.4, -0.2) is 29.6 Å². The van der Waals surface area contributed by atoms with Gasteiger partial charge in [0.15, 0.2) is 0 Å². The van der Waals surface area contributed by atoms with Gasteiger partial charge in [0.25, 0.3) is 0 Å². The molecule has 2 rings (SSSR count). The minimum atomic E-state index is 0.412. The Balaban J connectivity index is 2.42. The predicted molar refractivity (Wildman–Crippen MR) is 78.6 cm³/mol. The van der Waals surface area contributed by atoms with Crippen LogP contribution in [0, 0.1) is 20.8 Å². The highest BCUT2D eigenvalue weighted by molar-refractivity contribution is 7.18. The lowest BCUT2D eigenvalue weighted by molar-refractivity contribution is 0.637. The summed E-state index contributed by atoms with van der Waals surface area (Å²) < 4.78 is 0. The van der Waals surface area contributed by atoms with Crippen LogP contribution in [0.5, 0.6) is 0 Å². The van der Waals surface area contributed by atoms with Crippen molar-refractivity contribution in [3.8, 4) is 0 Å². The largest absolute Gasteiger partial charge is 0.368 e. The number of fused-ring (bicyclic) bond motifs is 1. The van der Waals surface area contributed by atoms with Crippen molar-refractivity contribution in [2.75, 3.05) is 18.9 Å². The van der Waals surface area contributed by atoms with Crippen LogP contribution in [0.15, 0.2) is 0 Å². The van der Waals surface area contributed by atoms with Crippen LogP contribution in [0.4, 0.5) is 5.82 Å². The highest BCUT2D eigenvalue weighted by Crippen LogP contribution is 2.33. The first-order valence-corrected chi connectivity index (χ1v) is 7.00. The minimum Gasteiger partial charge on any atom is -0.368 e. The molecule has 2 N–H and O–H groups in total. The molecule has 0 fully saturated rings. The van der Waals surface area contributed by atoms with Crippen molar-refractivity contribution in [2.45, 2.75) is 33.7 Å². The van der Waals surface area contributed by atoms with Crippen LogP contribution in [0.3, 0.4) is 0 Å². The maximum absolute atomic E-state index is 4.54. The molecule has 0 spiro atoms. The van der Waals surface area contributed by atoms with Gasteiger partial charge in [-0.05, 0) is 40.3 Å². The number of aryl methyl sites for hydroxylation is 3. The van der Waals surface area contributed by atoms with Crippen molar-refractivity contribution in [1.82, 2.24) is 15.3 Å². The lowest BCUT2D eigenvalue weighted by Crippen LogP contribution is -2.29. The van der Waals surface area contributed by atoms with E-state index in [1.54, 1.807) is 11.3 Å². The highest BCUT2D eigenvalue weighted by Gasteiger charge is 2.13. The summed E-state index contributed by atoms with van der Waals surface area (Å²) in [6, 6.07) is 0.412. The fourth-order valence-corrected chi connectivity index (χ4v) is 2.91. The molecule has 1 atom stereocenters. The average molecular weight is 264 g/mol. The summed E-state index contributed by atoms with van der Waals surface area (Å²) in [6.07, 6.45) is 0. The van der Waals surface area contributed by atoms with Crippen LogP contribution in [0.1, 0.15) is 23.2 Å². The van der Waals surface area contributed by atoms with Gasteiger partial charge in [-0.25, -0.2) is 9.97 Å². The normalized spacial score (nSPS) is 12.9. The fourth-order valence-electron chi connectivity index (χ4n) is 1.84. The zero-order valence-corrected chi connectivity index (χ0v) is 12.4. The van der Waals surface area contributed by atoms with E-state index < -0.39 is 0 Å². The van der Waals surface area contributed by atoms with E-state index in [1.165, 1.54) is 15.8 Å². The van der Waals surface area contributed by atoms with Crippen LogP contribution in [0.2, 0.25) is 0 Å². The molecule has 4 nitrogen and oxygen atoms in total. The molecule has 0 saturated heterocycles. The van der Waals surface area contributed by atoms with E-state index in [9.17, 15) is 0 Å². The van der Waals surface area contributed by atoms with E-state index in [2.05, 4.69) is 41.4 Å². The molecule has 0 radical (unpaired) electrons. The Hall–Kier alpha value is -1.20. The second kappa shape index (κ2) is 5.20. The van der Waals surface area contributed by atoms with Crippen LogP contribution in [-0.2, 0) is 0 Å². The quantitative estimate of drug-likeness (QED) is 0.891. The van der Waals surface area contributed by atoms with Gasteiger partial charge in [-0.1, -0.05) is 0 Å². The van der Waals surface area contributed by atoms with E-state index in [0.29, 0.717) is 6.04 Å². The first-order chi connectivity index (χ1) is 8.52. The number of aromatic nitrogens is 2. The Morgan fingerprint density at radius 3 is 2.61 bits per heavy atom. The second-order valence-electron chi connectivity index (χ2n) is 4.65. The molecule has 0 amide bonds. The molecule has 0 aliphatic carbocycles. The summed E-state index contributed by atoms with van der Waals surface area (Å²) in [4.78, 5) is 11.5. The molecule has 2 aromatic heterocycles. The second-order valence-corrected chi connectivity index (χ2v) is 5.86. The Morgan fingerprint density at radius 1 is 1.22 bits per heavy atom. The van der Waals surface area contributed by atoms with Crippen molar-refractivity contribution >= 4 is 27.4 Å². The SMILES string of the molecule is CNC(C)CNc1nc(C)nc2sc(C)c(C)c12. The van der Waals surface area contributed by atoms with Gasteiger partial charge >= 0.3 is 0 Å². The van der Waals surface area contributed by atoms with E-state index in [0.717, 1.165) is 23.0 Å². The molecule has 0 bridgehead atoms. The predicted octanol–water partition coefficient (Wildman–Crippen LogP) is 2.64. The van der Waals surface area contributed by atoms with Gasteiger partial charge in [-0.15, -0.1) is 11.3 Å². The average Bonchev–Trinajstić information content (AvgIpc) is 2.61. The van der Waals surface area contributed by atoms with Gasteiger partial charge in [0.2, 0.25) is 0 Å². The minimum absolute atomic E-state index is 0.412. The highest BCUT2D eigenvalue weighted by atomic mass is 32.1. The number of hydrogen-bond acceptors (Lipinski definition) is 5. The zero-order chi connectivity index (χ0) is 13.3. The monoisotopic (exact) mass is 264 g/mol. The molecule has 1 unspecified atom stereocenters. The number of nitrogens with one attached hydrogen (secondary N) is 2. The lowest BCUT2D eigenvalue weighted by Gasteiger charge is -2.13. The zero-order valence-electron chi connectivity index (χ0n) is 11.6. The van der Waals surface area contributed by atoms with Crippen LogP contribution < -0.4 is 10.6 Å². The molecule has 98 valence electrons. The van der Waals surface area contributed by atoms with Crippen LogP contribution >= 0.6 is 11.3 Å². The van der Waals surface area contributed by atoms with Gasteiger partial charge in [0.05, 0.1) is 5.39 Å². The fraction of sp³-hybridized carbons (Fsp3) is 0.538. The molecule has 0 saturated carbocycles. The van der Waals surface area contributed by atoms with Crippen molar-refractivity contribution in [2.24, 2.45) is 0 Å². The summed E-state index contributed by atoms with van der Waals surface area (Å²) in [6.45, 7) is 9.22. The lowest BCUT2D eigenvalue weighted by atomic mass is 10.2. The Kier molecular flexibility index (Phi) is 3.82. The summed E-state index contributed by atoms with van der Waals surface area (Å²) in [7, 11) is 1.97. The third-order valence-corrected chi connectivity index (χ3v) is 4.31. The van der Waals surface area contributed by atoms with Gasteiger partial charge in [-0.2, -0.15) is 0 Å². The smallest absolute Gasteiger partial charge is 0.138 e. The number of rotatable bonds is 4. The van der Waals surface area contributed by atoms with E-state index in [4.69, 9.17) is 0 Å². The first kappa shape index (κ1) is 13.2. The van der Waals surface area contributed by atoms with Crippen molar-refractivity contribution in [3.05, 3.63) is 16.3 Å². The van der Waals surface area contributed by atoms with Crippen molar-refractivity contribution in [3.63, 3.8) is 0 Å². The van der Waals surface area contributed by atoms with Crippen LogP contribution in [0.25, 0.3) is 10.2 Å². The Labute approximate surface area is 112 Å². The first-order valence-electron chi connectivity index (χ1n) is 6.18. The maximum atomic E-state index is 4.54. The number of thiophene rings is 1. The van der Waals surface area contributed by atoms with Crippen molar-refractivity contribution < 1.29 is 0 Å². The molecule has 0 aliphatic rings. The molecular formula is C13H20N4S.